The minimum absolute atomic E-state index is 0.594. The van der Waals surface area contributed by atoms with Gasteiger partial charge in [-0.2, -0.15) is 0 Å². The second-order valence-electron chi connectivity index (χ2n) is 18.0. The molecule has 11 aromatic carbocycles. The lowest BCUT2D eigenvalue weighted by molar-refractivity contribution is 1.07. The van der Waals surface area contributed by atoms with E-state index >= 15 is 0 Å². The summed E-state index contributed by atoms with van der Waals surface area (Å²) in [6, 6.07) is 88.9. The maximum Gasteiger partial charge on any atom is 0.164 e. The number of rotatable bonds is 7. The van der Waals surface area contributed by atoms with Crippen molar-refractivity contribution < 1.29 is 0 Å². The summed E-state index contributed by atoms with van der Waals surface area (Å²) in [5.74, 6) is 1.80. The van der Waals surface area contributed by atoms with Gasteiger partial charge < -0.3 is 9.13 Å². The Hall–Kier alpha value is -9.45. The van der Waals surface area contributed by atoms with Crippen LogP contribution in [0.4, 0.5) is 0 Å². The molecule has 0 atom stereocenters. The van der Waals surface area contributed by atoms with E-state index in [9.17, 15) is 0 Å². The Bertz CT molecular complexity index is 4250. The first-order valence-corrected chi connectivity index (χ1v) is 23.8. The molecular weight excluding hydrogens is 851 g/mol. The maximum atomic E-state index is 5.47. The van der Waals surface area contributed by atoms with Crippen LogP contribution in [0.1, 0.15) is 0 Å². The molecule has 0 bridgehead atoms. The van der Waals surface area contributed by atoms with E-state index in [1.807, 2.05) is 18.2 Å². The molecule has 0 radical (unpaired) electrons. The molecule has 0 saturated carbocycles. The van der Waals surface area contributed by atoms with Crippen LogP contribution in [-0.2, 0) is 0 Å². The van der Waals surface area contributed by atoms with Crippen molar-refractivity contribution in [2.24, 2.45) is 0 Å². The first-order chi connectivity index (χ1) is 34.7. The van der Waals surface area contributed by atoms with E-state index in [0.29, 0.717) is 17.5 Å². The predicted octanol–water partition coefficient (Wildman–Crippen LogP) is 16.7. The zero-order valence-corrected chi connectivity index (χ0v) is 37.9. The van der Waals surface area contributed by atoms with E-state index in [-0.39, 0.29) is 0 Å². The number of aromatic nitrogens is 5. The molecule has 3 aromatic heterocycles. The molecule has 3 heterocycles. The van der Waals surface area contributed by atoms with Crippen LogP contribution < -0.4 is 0 Å². The van der Waals surface area contributed by atoms with Crippen molar-refractivity contribution in [3.8, 4) is 67.8 Å². The molecule has 326 valence electrons. The van der Waals surface area contributed by atoms with Crippen molar-refractivity contribution in [1.82, 2.24) is 24.1 Å². The molecule has 0 amide bonds. The molecule has 0 unspecified atom stereocenters. The van der Waals surface area contributed by atoms with Gasteiger partial charge in [-0.1, -0.05) is 182 Å². The third-order valence-corrected chi connectivity index (χ3v) is 13.9. The zero-order valence-electron chi connectivity index (χ0n) is 37.9. The van der Waals surface area contributed by atoms with Crippen LogP contribution in [0.3, 0.4) is 0 Å². The highest BCUT2D eigenvalue weighted by molar-refractivity contribution is 6.17. The lowest BCUT2D eigenvalue weighted by Gasteiger charge is -2.18. The highest BCUT2D eigenvalue weighted by Gasteiger charge is 2.22. The van der Waals surface area contributed by atoms with Gasteiger partial charge in [0.25, 0.3) is 0 Å². The average Bonchev–Trinajstić information content (AvgIpc) is 3.93. The summed E-state index contributed by atoms with van der Waals surface area (Å²) < 4.78 is 4.78. The summed E-state index contributed by atoms with van der Waals surface area (Å²) >= 11 is 0. The first kappa shape index (κ1) is 39.7. The van der Waals surface area contributed by atoms with E-state index in [4.69, 9.17) is 15.0 Å². The van der Waals surface area contributed by atoms with Crippen LogP contribution in [0.25, 0.3) is 133 Å². The predicted molar refractivity (Wildman–Crippen MR) is 291 cm³/mol. The third-order valence-electron chi connectivity index (χ3n) is 13.9. The number of fused-ring (bicyclic) bond motifs is 8. The van der Waals surface area contributed by atoms with Crippen LogP contribution in [0.5, 0.6) is 0 Å². The van der Waals surface area contributed by atoms with Crippen LogP contribution in [0, 0.1) is 0 Å². The lowest BCUT2D eigenvalue weighted by Crippen LogP contribution is -2.03. The number of nitrogens with zero attached hydrogens (tertiary/aromatic N) is 5. The molecule has 5 nitrogen and oxygen atoms in total. The van der Waals surface area contributed by atoms with Crippen LogP contribution in [0.15, 0.2) is 249 Å². The minimum atomic E-state index is 0.594. The van der Waals surface area contributed by atoms with Crippen LogP contribution in [0.2, 0.25) is 0 Å². The van der Waals surface area contributed by atoms with Gasteiger partial charge in [-0.25, -0.2) is 15.0 Å². The molecule has 14 aromatic rings. The van der Waals surface area contributed by atoms with E-state index in [0.717, 1.165) is 72.4 Å². The fourth-order valence-corrected chi connectivity index (χ4v) is 10.6. The maximum absolute atomic E-state index is 5.47. The van der Waals surface area contributed by atoms with Gasteiger partial charge in [-0.3, -0.25) is 0 Å². The van der Waals surface area contributed by atoms with Crippen molar-refractivity contribution in [3.63, 3.8) is 0 Å². The quantitative estimate of drug-likeness (QED) is 0.160. The molecular formula is C65H41N5. The third kappa shape index (κ3) is 6.51. The summed E-state index contributed by atoms with van der Waals surface area (Å²) in [4.78, 5) is 16.1. The van der Waals surface area contributed by atoms with Gasteiger partial charge in [0.05, 0.1) is 22.1 Å². The second kappa shape index (κ2) is 16.1. The van der Waals surface area contributed by atoms with Gasteiger partial charge in [-0.05, 0) is 111 Å². The van der Waals surface area contributed by atoms with Crippen molar-refractivity contribution >= 4 is 65.2 Å². The van der Waals surface area contributed by atoms with Crippen LogP contribution >= 0.6 is 0 Å². The molecule has 0 saturated heterocycles. The Morgan fingerprint density at radius 1 is 0.229 bits per heavy atom. The molecule has 0 spiro atoms. The first-order valence-electron chi connectivity index (χ1n) is 23.8. The monoisotopic (exact) mass is 891 g/mol. The SMILES string of the molecule is c1ccc(-c2nc(-c3ccc4c5ccccc5n(-c5ccccc5)c4c3)nc(-c3ccc(-n4c5cc6ccccc6cc5c5cc6ccccc6cc54)cc3-c3ccccc3-c3ccccc3)n2)cc1. The van der Waals surface area contributed by atoms with Gasteiger partial charge in [0.1, 0.15) is 0 Å². The van der Waals surface area contributed by atoms with E-state index in [1.165, 1.54) is 43.1 Å². The normalized spacial score (nSPS) is 11.7. The number of hydrogen-bond donors (Lipinski definition) is 0. The minimum Gasteiger partial charge on any atom is -0.309 e. The van der Waals surface area contributed by atoms with Crippen molar-refractivity contribution in [1.29, 1.82) is 0 Å². The number of benzene rings is 11. The zero-order chi connectivity index (χ0) is 46.1. The van der Waals surface area contributed by atoms with Gasteiger partial charge >= 0.3 is 0 Å². The fraction of sp³-hybridized carbons (Fsp3) is 0. The molecule has 0 fully saturated rings. The second-order valence-corrected chi connectivity index (χ2v) is 18.0. The van der Waals surface area contributed by atoms with Gasteiger partial charge in [0.15, 0.2) is 17.5 Å². The van der Waals surface area contributed by atoms with Gasteiger partial charge in [0, 0.05) is 49.6 Å². The summed E-state index contributed by atoms with van der Waals surface area (Å²) in [7, 11) is 0. The smallest absolute Gasteiger partial charge is 0.164 e. The Labute approximate surface area is 403 Å². The molecule has 70 heavy (non-hydrogen) atoms. The topological polar surface area (TPSA) is 48.5 Å². The summed E-state index contributed by atoms with van der Waals surface area (Å²) in [5.41, 5.74) is 13.8. The average molecular weight is 892 g/mol. The van der Waals surface area contributed by atoms with Crippen molar-refractivity contribution in [3.05, 3.63) is 249 Å². The van der Waals surface area contributed by atoms with Crippen LogP contribution in [-0.4, -0.2) is 24.1 Å². The Kier molecular flexibility index (Phi) is 9.14. The highest BCUT2D eigenvalue weighted by atomic mass is 15.0. The van der Waals surface area contributed by atoms with E-state index in [1.54, 1.807) is 0 Å². The molecule has 0 N–H and O–H groups in total. The Morgan fingerprint density at radius 3 is 1.39 bits per heavy atom. The summed E-state index contributed by atoms with van der Waals surface area (Å²) in [6.07, 6.45) is 0. The Balaban J connectivity index is 1.04. The molecule has 14 rings (SSSR count). The lowest BCUT2D eigenvalue weighted by atomic mass is 9.91. The van der Waals surface area contributed by atoms with Crippen molar-refractivity contribution in [2.45, 2.75) is 0 Å². The molecule has 0 aliphatic heterocycles. The molecule has 5 heteroatoms. The van der Waals surface area contributed by atoms with Gasteiger partial charge in [0.2, 0.25) is 0 Å². The number of hydrogen-bond acceptors (Lipinski definition) is 3. The molecule has 0 aliphatic carbocycles. The van der Waals surface area contributed by atoms with Crippen molar-refractivity contribution in [2.75, 3.05) is 0 Å². The highest BCUT2D eigenvalue weighted by Crippen LogP contribution is 2.43. The van der Waals surface area contributed by atoms with Gasteiger partial charge in [-0.15, -0.1) is 0 Å². The van der Waals surface area contributed by atoms with E-state index in [2.05, 4.69) is 240 Å². The summed E-state index contributed by atoms with van der Waals surface area (Å²) in [5, 5.41) is 9.63. The Morgan fingerprint density at radius 2 is 0.714 bits per heavy atom. The standard InChI is InChI=1S/C65H41N5/c1-4-18-42(19-5-1)51-28-14-15-29-52(51)56-41-50(70-61-38-46-24-12-10-22-44(46)36-57(61)58-37-45-23-11-13-25-47(45)39-62(58)70)33-35-55(56)65-67-63(43-20-6-2-7-21-43)66-64(68-65)48-32-34-54-53-30-16-17-31-59(53)69(60(54)40-48)49-26-8-3-9-27-49/h1-41H. The largest absolute Gasteiger partial charge is 0.309 e. The molecule has 0 aliphatic rings. The summed E-state index contributed by atoms with van der Waals surface area (Å²) in [6.45, 7) is 0. The van der Waals surface area contributed by atoms with E-state index < -0.39 is 0 Å². The fourth-order valence-electron chi connectivity index (χ4n) is 10.6. The number of para-hydroxylation sites is 2.